The number of aromatic nitrogens is 2. The van der Waals surface area contributed by atoms with Crippen molar-refractivity contribution in [3.05, 3.63) is 51.3 Å². The van der Waals surface area contributed by atoms with E-state index in [0.717, 1.165) is 6.07 Å². The summed E-state index contributed by atoms with van der Waals surface area (Å²) in [5.74, 6) is -0.332. The molecule has 2 aromatic rings. The Morgan fingerprint density at radius 2 is 1.96 bits per heavy atom. The third kappa shape index (κ3) is 4.64. The third-order valence-corrected chi connectivity index (χ3v) is 4.02. The average molecular weight is 380 g/mol. The van der Waals surface area contributed by atoms with Crippen LogP contribution in [-0.2, 0) is 12.7 Å². The fraction of sp³-hybridized carbons (Fsp3) is 0.333. The largest absolute Gasteiger partial charge is 0.435 e. The lowest BCUT2D eigenvalue weighted by atomic mass is 10.2. The van der Waals surface area contributed by atoms with Gasteiger partial charge in [0, 0.05) is 24.3 Å². The standard InChI is InChI=1S/C15H14Cl2F3N3O/c1-9-7-13(15(18,19)20)22-23(9)6-2-5-21-14(24)10-3-4-11(16)12(17)8-10/h3-4,7-8H,2,5-6H2,1H3,(H,21,24). The SMILES string of the molecule is Cc1cc(C(F)(F)F)nn1CCCNC(=O)c1ccc(Cl)c(Cl)c1. The Hall–Kier alpha value is -1.73. The lowest BCUT2D eigenvalue weighted by molar-refractivity contribution is -0.141. The number of benzene rings is 1. The first-order valence-corrected chi connectivity index (χ1v) is 7.79. The molecule has 1 aromatic carbocycles. The molecule has 1 heterocycles. The summed E-state index contributed by atoms with van der Waals surface area (Å²) in [5, 5.41) is 6.82. The second-order valence-corrected chi connectivity index (χ2v) is 5.94. The molecule has 2 rings (SSSR count). The van der Waals surface area contributed by atoms with Crippen molar-refractivity contribution < 1.29 is 18.0 Å². The summed E-state index contributed by atoms with van der Waals surface area (Å²) in [7, 11) is 0. The Bertz CT molecular complexity index is 744. The van der Waals surface area contributed by atoms with Crippen molar-refractivity contribution in [1.82, 2.24) is 15.1 Å². The maximum atomic E-state index is 12.6. The van der Waals surface area contributed by atoms with E-state index < -0.39 is 11.9 Å². The molecule has 1 N–H and O–H groups in total. The van der Waals surface area contributed by atoms with Crippen LogP contribution in [0.3, 0.4) is 0 Å². The van der Waals surface area contributed by atoms with Gasteiger partial charge in [0.05, 0.1) is 10.0 Å². The van der Waals surface area contributed by atoms with Crippen molar-refractivity contribution in [2.75, 3.05) is 6.54 Å². The first kappa shape index (κ1) is 18.6. The molecule has 24 heavy (non-hydrogen) atoms. The Kier molecular flexibility index (Phi) is 5.77. The fourth-order valence-electron chi connectivity index (χ4n) is 2.05. The number of amides is 1. The van der Waals surface area contributed by atoms with Gasteiger partial charge >= 0.3 is 6.18 Å². The number of nitrogens with one attached hydrogen (secondary N) is 1. The van der Waals surface area contributed by atoms with Crippen LogP contribution in [-0.4, -0.2) is 22.2 Å². The summed E-state index contributed by atoms with van der Waals surface area (Å²) in [6.07, 6.45) is -4.02. The minimum Gasteiger partial charge on any atom is -0.352 e. The first-order valence-electron chi connectivity index (χ1n) is 7.03. The van der Waals surface area contributed by atoms with E-state index in [2.05, 4.69) is 10.4 Å². The van der Waals surface area contributed by atoms with Crippen LogP contribution >= 0.6 is 23.2 Å². The Labute approximate surface area is 146 Å². The van der Waals surface area contributed by atoms with Gasteiger partial charge in [0.25, 0.3) is 5.91 Å². The van der Waals surface area contributed by atoms with Crippen LogP contribution in [0.1, 0.15) is 28.2 Å². The van der Waals surface area contributed by atoms with Crippen molar-refractivity contribution in [2.45, 2.75) is 26.1 Å². The summed E-state index contributed by atoms with van der Waals surface area (Å²) in [6.45, 7) is 2.11. The predicted octanol–water partition coefficient (Wildman–Crippen LogP) is 4.34. The van der Waals surface area contributed by atoms with Crippen molar-refractivity contribution in [1.29, 1.82) is 0 Å². The molecule has 0 spiro atoms. The highest BCUT2D eigenvalue weighted by molar-refractivity contribution is 6.42. The predicted molar refractivity (Wildman–Crippen MR) is 85.4 cm³/mol. The molecule has 4 nitrogen and oxygen atoms in total. The van der Waals surface area contributed by atoms with E-state index in [-0.39, 0.29) is 17.5 Å². The highest BCUT2D eigenvalue weighted by Crippen LogP contribution is 2.28. The zero-order valence-corrected chi connectivity index (χ0v) is 14.1. The van der Waals surface area contributed by atoms with E-state index in [4.69, 9.17) is 23.2 Å². The van der Waals surface area contributed by atoms with Gasteiger partial charge in [0.15, 0.2) is 5.69 Å². The normalized spacial score (nSPS) is 11.6. The molecule has 1 aromatic heterocycles. The molecule has 0 aliphatic carbocycles. The second kappa shape index (κ2) is 7.44. The van der Waals surface area contributed by atoms with E-state index in [9.17, 15) is 18.0 Å². The smallest absolute Gasteiger partial charge is 0.352 e. The highest BCUT2D eigenvalue weighted by atomic mass is 35.5. The van der Waals surface area contributed by atoms with E-state index >= 15 is 0 Å². The Morgan fingerprint density at radius 1 is 1.25 bits per heavy atom. The lowest BCUT2D eigenvalue weighted by Crippen LogP contribution is -2.25. The van der Waals surface area contributed by atoms with Gasteiger partial charge in [0.1, 0.15) is 0 Å². The molecule has 0 fully saturated rings. The van der Waals surface area contributed by atoms with Crippen molar-refractivity contribution in [2.24, 2.45) is 0 Å². The Morgan fingerprint density at radius 3 is 2.54 bits per heavy atom. The molecule has 0 saturated carbocycles. The van der Waals surface area contributed by atoms with Crippen LogP contribution in [0.5, 0.6) is 0 Å². The van der Waals surface area contributed by atoms with Crippen LogP contribution in [0.25, 0.3) is 0 Å². The average Bonchev–Trinajstić information content (AvgIpc) is 2.87. The molecule has 0 atom stereocenters. The highest BCUT2D eigenvalue weighted by Gasteiger charge is 2.34. The van der Waals surface area contributed by atoms with Crippen molar-refractivity contribution in [3.8, 4) is 0 Å². The van der Waals surface area contributed by atoms with Gasteiger partial charge in [-0.2, -0.15) is 18.3 Å². The molecular weight excluding hydrogens is 366 g/mol. The van der Waals surface area contributed by atoms with Gasteiger partial charge in [-0.15, -0.1) is 0 Å². The van der Waals surface area contributed by atoms with Gasteiger partial charge in [-0.25, -0.2) is 0 Å². The van der Waals surface area contributed by atoms with Crippen LogP contribution < -0.4 is 5.32 Å². The summed E-state index contributed by atoms with van der Waals surface area (Å²) < 4.78 is 39.0. The molecule has 0 aliphatic rings. The number of aryl methyl sites for hydroxylation is 2. The zero-order chi connectivity index (χ0) is 17.9. The molecule has 9 heteroatoms. The number of hydrogen-bond acceptors (Lipinski definition) is 2. The second-order valence-electron chi connectivity index (χ2n) is 5.13. The molecular formula is C15H14Cl2F3N3O. The van der Waals surface area contributed by atoms with E-state index in [1.165, 1.54) is 22.9 Å². The van der Waals surface area contributed by atoms with Gasteiger partial charge < -0.3 is 5.32 Å². The summed E-state index contributed by atoms with van der Waals surface area (Å²) in [6, 6.07) is 5.50. The number of alkyl halides is 3. The van der Waals surface area contributed by atoms with E-state index in [1.807, 2.05) is 0 Å². The molecule has 0 bridgehead atoms. The van der Waals surface area contributed by atoms with Gasteiger partial charge in [-0.1, -0.05) is 23.2 Å². The molecule has 0 aliphatic heterocycles. The van der Waals surface area contributed by atoms with E-state index in [1.54, 1.807) is 6.92 Å². The summed E-state index contributed by atoms with van der Waals surface area (Å²) in [4.78, 5) is 11.9. The maximum absolute atomic E-state index is 12.6. The van der Waals surface area contributed by atoms with E-state index in [0.29, 0.717) is 29.2 Å². The summed E-state index contributed by atoms with van der Waals surface area (Å²) >= 11 is 11.6. The topological polar surface area (TPSA) is 46.9 Å². The zero-order valence-electron chi connectivity index (χ0n) is 12.6. The molecule has 1 amide bonds. The number of rotatable bonds is 5. The summed E-state index contributed by atoms with van der Waals surface area (Å²) in [5.41, 5.74) is -0.142. The third-order valence-electron chi connectivity index (χ3n) is 3.29. The number of nitrogens with zero attached hydrogens (tertiary/aromatic N) is 2. The van der Waals surface area contributed by atoms with Crippen LogP contribution in [0, 0.1) is 6.92 Å². The quantitative estimate of drug-likeness (QED) is 0.785. The molecule has 0 saturated heterocycles. The van der Waals surface area contributed by atoms with Crippen LogP contribution in [0.4, 0.5) is 13.2 Å². The minimum absolute atomic E-state index is 0.267. The maximum Gasteiger partial charge on any atom is 0.435 e. The Balaban J connectivity index is 1.85. The van der Waals surface area contributed by atoms with Crippen molar-refractivity contribution in [3.63, 3.8) is 0 Å². The fourth-order valence-corrected chi connectivity index (χ4v) is 2.34. The van der Waals surface area contributed by atoms with Gasteiger partial charge in [-0.3, -0.25) is 9.48 Å². The lowest BCUT2D eigenvalue weighted by Gasteiger charge is -2.07. The monoisotopic (exact) mass is 379 g/mol. The van der Waals surface area contributed by atoms with Gasteiger partial charge in [-0.05, 0) is 37.6 Å². The molecule has 0 radical (unpaired) electrons. The number of carbonyl (C=O) groups is 1. The van der Waals surface area contributed by atoms with Crippen LogP contribution in [0.15, 0.2) is 24.3 Å². The van der Waals surface area contributed by atoms with Crippen LogP contribution in [0.2, 0.25) is 10.0 Å². The van der Waals surface area contributed by atoms with Crippen molar-refractivity contribution >= 4 is 29.1 Å². The number of hydrogen-bond donors (Lipinski definition) is 1. The number of halogens is 5. The number of carbonyl (C=O) groups excluding carboxylic acids is 1. The van der Waals surface area contributed by atoms with Gasteiger partial charge in [0.2, 0.25) is 0 Å². The molecule has 0 unspecified atom stereocenters. The minimum atomic E-state index is -4.46. The molecule has 130 valence electrons. The first-order chi connectivity index (χ1) is 11.2.